The van der Waals surface area contributed by atoms with Crippen LogP contribution < -0.4 is 28.7 Å². The van der Waals surface area contributed by atoms with Gasteiger partial charge in [-0.2, -0.15) is 0 Å². The molecule has 0 amide bonds. The Kier molecular flexibility index (Phi) is 10.0. The SMILES string of the molecule is C=C(C)C(=O)C(C)Oc1cccc(O[Si](Oc2cccc(OC(C)C(=O)C(=C)C)c2)(c2ccccc2)c2ccccc2)c1. The average molecular weight is 593 g/mol. The molecule has 4 aromatic rings. The highest BCUT2D eigenvalue weighted by Crippen LogP contribution is 2.28. The summed E-state index contributed by atoms with van der Waals surface area (Å²) in [7, 11) is -3.51. The smallest absolute Gasteiger partial charge is 0.506 e. The molecule has 0 bridgehead atoms. The molecule has 2 unspecified atom stereocenters. The van der Waals surface area contributed by atoms with Crippen LogP contribution in [0.25, 0.3) is 0 Å². The number of benzene rings is 4. The molecule has 0 saturated heterocycles. The highest BCUT2D eigenvalue weighted by molar-refractivity contribution is 6.93. The maximum absolute atomic E-state index is 12.4. The maximum Gasteiger partial charge on any atom is 0.531 e. The molecule has 43 heavy (non-hydrogen) atoms. The van der Waals surface area contributed by atoms with E-state index < -0.39 is 20.8 Å². The highest BCUT2D eigenvalue weighted by Gasteiger charge is 2.47. The Labute approximate surface area is 254 Å². The van der Waals surface area contributed by atoms with Gasteiger partial charge in [0.05, 0.1) is 0 Å². The molecule has 0 radical (unpaired) electrons. The molecule has 0 aliphatic rings. The van der Waals surface area contributed by atoms with Gasteiger partial charge in [0.1, 0.15) is 23.0 Å². The molecule has 7 heteroatoms. The van der Waals surface area contributed by atoms with Crippen LogP contribution in [-0.4, -0.2) is 32.3 Å². The summed E-state index contributed by atoms with van der Waals surface area (Å²) in [6, 6.07) is 34.0. The summed E-state index contributed by atoms with van der Waals surface area (Å²) in [5.74, 6) is 1.65. The molecule has 0 aromatic heterocycles. The normalized spacial score (nSPS) is 12.4. The van der Waals surface area contributed by atoms with Crippen LogP contribution in [0.1, 0.15) is 27.7 Å². The third-order valence-corrected chi connectivity index (χ3v) is 9.88. The van der Waals surface area contributed by atoms with Crippen molar-refractivity contribution in [2.75, 3.05) is 0 Å². The first-order valence-electron chi connectivity index (χ1n) is 14.0. The maximum atomic E-state index is 12.4. The van der Waals surface area contributed by atoms with Crippen molar-refractivity contribution in [3.05, 3.63) is 133 Å². The average Bonchev–Trinajstić information content (AvgIpc) is 3.01. The first-order chi connectivity index (χ1) is 20.6. The zero-order valence-corrected chi connectivity index (χ0v) is 25.9. The second-order valence-electron chi connectivity index (χ2n) is 10.3. The molecule has 0 N–H and O–H groups in total. The summed E-state index contributed by atoms with van der Waals surface area (Å²) in [5.41, 5.74) is 0.856. The van der Waals surface area contributed by atoms with E-state index in [1.807, 2.05) is 84.9 Å². The van der Waals surface area contributed by atoms with Gasteiger partial charge in [0.15, 0.2) is 23.8 Å². The van der Waals surface area contributed by atoms with Crippen molar-refractivity contribution in [2.24, 2.45) is 0 Å². The number of hydrogen-bond acceptors (Lipinski definition) is 6. The molecule has 4 rings (SSSR count). The van der Waals surface area contributed by atoms with Gasteiger partial charge < -0.3 is 18.3 Å². The fraction of sp³-hybridized carbons (Fsp3) is 0.167. The Morgan fingerprint density at radius 3 is 1.26 bits per heavy atom. The Morgan fingerprint density at radius 2 is 0.907 bits per heavy atom. The van der Waals surface area contributed by atoms with Gasteiger partial charge in [-0.05, 0) is 63.1 Å². The fourth-order valence-corrected chi connectivity index (χ4v) is 7.53. The molecule has 0 saturated carbocycles. The molecule has 4 aromatic carbocycles. The number of carbonyl (C=O) groups is 2. The number of carbonyl (C=O) groups excluding carboxylic acids is 2. The zero-order valence-electron chi connectivity index (χ0n) is 24.9. The van der Waals surface area contributed by atoms with Crippen molar-refractivity contribution in [3.63, 3.8) is 0 Å². The van der Waals surface area contributed by atoms with Crippen LogP contribution in [0.15, 0.2) is 133 Å². The van der Waals surface area contributed by atoms with Crippen molar-refractivity contribution in [1.82, 2.24) is 0 Å². The zero-order chi connectivity index (χ0) is 31.0. The molecule has 2 atom stereocenters. The van der Waals surface area contributed by atoms with Crippen molar-refractivity contribution in [2.45, 2.75) is 39.9 Å². The Morgan fingerprint density at radius 1 is 0.558 bits per heavy atom. The molecule has 0 heterocycles. The Hall–Kier alpha value is -4.88. The predicted octanol–water partition coefficient (Wildman–Crippen LogP) is 6.23. The first-order valence-corrected chi connectivity index (χ1v) is 15.8. The quantitative estimate of drug-likeness (QED) is 0.128. The van der Waals surface area contributed by atoms with E-state index in [1.54, 1.807) is 52.0 Å². The summed E-state index contributed by atoms with van der Waals surface area (Å²) in [6.07, 6.45) is -1.40. The summed E-state index contributed by atoms with van der Waals surface area (Å²) in [4.78, 5) is 24.8. The molecular formula is C36H36O6Si. The highest BCUT2D eigenvalue weighted by atomic mass is 28.4. The summed E-state index contributed by atoms with van der Waals surface area (Å²) < 4.78 is 25.7. The molecular weight excluding hydrogens is 556 g/mol. The fourth-order valence-electron chi connectivity index (χ4n) is 4.50. The van der Waals surface area contributed by atoms with Gasteiger partial charge in [-0.15, -0.1) is 0 Å². The largest absolute Gasteiger partial charge is 0.531 e. The van der Waals surface area contributed by atoms with E-state index >= 15 is 0 Å². The van der Waals surface area contributed by atoms with Crippen LogP contribution in [-0.2, 0) is 9.59 Å². The van der Waals surface area contributed by atoms with Crippen LogP contribution in [0, 0.1) is 0 Å². The van der Waals surface area contributed by atoms with Gasteiger partial charge in [0, 0.05) is 22.5 Å². The minimum atomic E-state index is -3.51. The van der Waals surface area contributed by atoms with Crippen LogP contribution in [0.3, 0.4) is 0 Å². The van der Waals surface area contributed by atoms with Crippen LogP contribution in [0.2, 0.25) is 0 Å². The van der Waals surface area contributed by atoms with Crippen molar-refractivity contribution in [1.29, 1.82) is 0 Å². The Balaban J connectivity index is 1.76. The van der Waals surface area contributed by atoms with Gasteiger partial charge in [-0.3, -0.25) is 9.59 Å². The standard InChI is InChI=1S/C36H36O6Si/c1-25(2)35(37)27(5)39-29-15-13-17-31(23-29)41-43(33-19-9-7-10-20-33,34-21-11-8-12-22-34)42-32-18-14-16-30(24-32)40-28(6)36(38)26(3)4/h7-24,27-28H,1,3H2,2,4-6H3. The Bertz CT molecular complexity index is 1480. The van der Waals surface area contributed by atoms with Gasteiger partial charge in [0.25, 0.3) is 0 Å². The van der Waals surface area contributed by atoms with E-state index in [0.29, 0.717) is 34.1 Å². The lowest BCUT2D eigenvalue weighted by Crippen LogP contribution is -2.68. The topological polar surface area (TPSA) is 71.1 Å². The third kappa shape index (κ3) is 7.70. The van der Waals surface area contributed by atoms with E-state index in [9.17, 15) is 9.59 Å². The number of hydrogen-bond donors (Lipinski definition) is 0. The molecule has 220 valence electrons. The second-order valence-corrected chi connectivity index (χ2v) is 13.1. The molecule has 0 fully saturated rings. The third-order valence-electron chi connectivity index (χ3n) is 6.65. The van der Waals surface area contributed by atoms with E-state index in [0.717, 1.165) is 10.4 Å². The van der Waals surface area contributed by atoms with E-state index in [4.69, 9.17) is 18.3 Å². The van der Waals surface area contributed by atoms with Crippen LogP contribution >= 0.6 is 0 Å². The minimum Gasteiger partial charge on any atom is -0.506 e. The van der Waals surface area contributed by atoms with Gasteiger partial charge >= 0.3 is 8.56 Å². The summed E-state index contributed by atoms with van der Waals surface area (Å²) >= 11 is 0. The second kappa shape index (κ2) is 13.9. The van der Waals surface area contributed by atoms with E-state index in [1.165, 1.54) is 0 Å². The van der Waals surface area contributed by atoms with Crippen molar-refractivity contribution < 1.29 is 27.9 Å². The molecule has 0 aliphatic carbocycles. The summed E-state index contributed by atoms with van der Waals surface area (Å²) in [5, 5.41) is 1.74. The van der Waals surface area contributed by atoms with Crippen LogP contribution in [0.5, 0.6) is 23.0 Å². The van der Waals surface area contributed by atoms with E-state index in [2.05, 4.69) is 13.2 Å². The van der Waals surface area contributed by atoms with Gasteiger partial charge in [-0.1, -0.05) is 86.0 Å². The molecule has 0 spiro atoms. The summed E-state index contributed by atoms with van der Waals surface area (Å²) in [6.45, 7) is 14.2. The molecule has 0 aliphatic heterocycles. The number of rotatable bonds is 14. The number of ketones is 2. The monoisotopic (exact) mass is 592 g/mol. The lowest BCUT2D eigenvalue weighted by Gasteiger charge is -2.32. The lowest BCUT2D eigenvalue weighted by molar-refractivity contribution is -0.121. The minimum absolute atomic E-state index is 0.173. The molecule has 6 nitrogen and oxygen atoms in total. The van der Waals surface area contributed by atoms with E-state index in [-0.39, 0.29) is 11.6 Å². The van der Waals surface area contributed by atoms with Crippen molar-refractivity contribution in [3.8, 4) is 23.0 Å². The lowest BCUT2D eigenvalue weighted by atomic mass is 10.1. The predicted molar refractivity (Wildman–Crippen MR) is 172 cm³/mol. The van der Waals surface area contributed by atoms with Crippen molar-refractivity contribution >= 4 is 30.5 Å². The van der Waals surface area contributed by atoms with Crippen LogP contribution in [0.4, 0.5) is 0 Å². The number of Topliss-reactive ketones (excluding diaryl/α,β-unsaturated/α-hetero) is 2. The van der Waals surface area contributed by atoms with Gasteiger partial charge in [0.2, 0.25) is 0 Å². The van der Waals surface area contributed by atoms with Gasteiger partial charge in [-0.25, -0.2) is 0 Å². The number of ether oxygens (including phenoxy) is 2. The first kappa shape index (κ1) is 31.1.